The van der Waals surface area contributed by atoms with Crippen LogP contribution in [0, 0.1) is 5.92 Å². The molecule has 2 fully saturated rings. The number of aliphatic imine (C=N–C) groups is 4. The number of rotatable bonds is 8. The summed E-state index contributed by atoms with van der Waals surface area (Å²) in [4.78, 5) is 23.3. The summed E-state index contributed by atoms with van der Waals surface area (Å²) in [6, 6.07) is 13.3. The van der Waals surface area contributed by atoms with Gasteiger partial charge in [-0.25, -0.2) is 20.0 Å². The van der Waals surface area contributed by atoms with Crippen LogP contribution in [0.3, 0.4) is 0 Å². The van der Waals surface area contributed by atoms with Crippen molar-refractivity contribution in [3.63, 3.8) is 0 Å². The lowest BCUT2D eigenvalue weighted by atomic mass is 9.86. The van der Waals surface area contributed by atoms with Gasteiger partial charge in [-0.1, -0.05) is 0 Å². The van der Waals surface area contributed by atoms with Crippen LogP contribution in [0.5, 0.6) is 0 Å². The first-order valence-corrected chi connectivity index (χ1v) is 18.8. The average Bonchev–Trinajstić information content (AvgIpc) is 3.89. The lowest BCUT2D eigenvalue weighted by Gasteiger charge is -2.31. The van der Waals surface area contributed by atoms with E-state index in [2.05, 4.69) is 30.4 Å². The molecule has 0 aliphatic carbocycles. The molecule has 7 heterocycles. The first-order valence-electron chi connectivity index (χ1n) is 18.8. The number of alkyl halides is 6. The summed E-state index contributed by atoms with van der Waals surface area (Å²) >= 11 is 0. The van der Waals surface area contributed by atoms with E-state index in [1.165, 1.54) is 6.34 Å². The van der Waals surface area contributed by atoms with Crippen LogP contribution in [0.1, 0.15) is 60.8 Å². The van der Waals surface area contributed by atoms with E-state index in [9.17, 15) is 26.3 Å². The number of nitrogens with zero attached hydrogens (tertiary/aromatic N) is 6. The van der Waals surface area contributed by atoms with E-state index >= 15 is 0 Å². The minimum absolute atomic E-state index is 0.0790. The van der Waals surface area contributed by atoms with E-state index in [0.717, 1.165) is 93.8 Å². The normalized spacial score (nSPS) is 19.6. The number of anilines is 6. The zero-order valence-corrected chi connectivity index (χ0v) is 30.4. The molecular formula is C41H36F6N8O2. The number of furan rings is 2. The molecule has 5 aliphatic rings. The van der Waals surface area contributed by atoms with Crippen molar-refractivity contribution >= 4 is 63.9 Å². The molecule has 4 aromatic rings. The summed E-state index contributed by atoms with van der Waals surface area (Å²) in [7, 11) is 0. The molecule has 2 saturated heterocycles. The molecule has 1 atom stereocenters. The maximum Gasteiger partial charge on any atom is 0.419 e. The SMILES string of the molecule is FC(F)(F)c1coc(Nc2cc(N3CCCCC3)ccc2C2=CC3=CC(c4ccc(N5CCCCC5)cc4Nc4cc(C(F)(F)F)co4)=NC4=NC=NC(=N2)C34)c1. The van der Waals surface area contributed by atoms with Crippen LogP contribution in [0.2, 0.25) is 0 Å². The number of piperidine rings is 2. The standard InChI is InChI=1S/C41H36F6N8O2/c42-40(43,44)25-17-35(56-21-25)50-33-19-27(54-11-3-1-4-12-54)7-9-29(33)31-15-24-16-32(53-39-37(24)38(52-31)48-23-49-39)30-10-8-28(55-13-5-2-6-14-55)20-34(30)51-36-18-26(22-57-36)41(45,46)47/h7-10,15-23,37,50-51H,1-6,11-14H2. The van der Waals surface area contributed by atoms with Crippen LogP contribution >= 0.6 is 0 Å². The van der Waals surface area contributed by atoms with Crippen molar-refractivity contribution in [3.8, 4) is 0 Å². The lowest BCUT2D eigenvalue weighted by molar-refractivity contribution is -0.138. The fraction of sp³-hybridized carbons (Fsp3) is 0.317. The van der Waals surface area contributed by atoms with Gasteiger partial charge >= 0.3 is 12.4 Å². The molecule has 294 valence electrons. The zero-order chi connectivity index (χ0) is 39.3. The van der Waals surface area contributed by atoms with E-state index < -0.39 is 29.4 Å². The molecule has 0 spiro atoms. The summed E-state index contributed by atoms with van der Waals surface area (Å²) in [5, 5.41) is 6.16. The van der Waals surface area contributed by atoms with Crippen LogP contribution in [-0.4, -0.2) is 49.9 Å². The van der Waals surface area contributed by atoms with Crippen molar-refractivity contribution in [2.24, 2.45) is 25.9 Å². The second-order valence-electron chi connectivity index (χ2n) is 14.5. The van der Waals surface area contributed by atoms with E-state index in [1.54, 1.807) is 0 Å². The Morgan fingerprint density at radius 3 is 1.70 bits per heavy atom. The Bertz CT molecular complexity index is 2270. The quantitative estimate of drug-likeness (QED) is 0.172. The molecule has 10 nitrogen and oxygen atoms in total. The Morgan fingerprint density at radius 1 is 0.614 bits per heavy atom. The molecule has 0 amide bonds. The van der Waals surface area contributed by atoms with Gasteiger partial charge in [0.25, 0.3) is 0 Å². The van der Waals surface area contributed by atoms with Crippen LogP contribution in [0.15, 0.2) is 108 Å². The largest absolute Gasteiger partial charge is 0.448 e. The van der Waals surface area contributed by atoms with Gasteiger partial charge in [-0.3, -0.25) is 0 Å². The van der Waals surface area contributed by atoms with Crippen molar-refractivity contribution in [2.45, 2.75) is 50.9 Å². The molecule has 57 heavy (non-hydrogen) atoms. The Balaban J connectivity index is 1.11. The summed E-state index contributed by atoms with van der Waals surface area (Å²) in [6.07, 6.45) is 3.72. The molecular weight excluding hydrogens is 750 g/mol. The number of nitrogens with one attached hydrogen (secondary N) is 2. The highest BCUT2D eigenvalue weighted by atomic mass is 19.4. The van der Waals surface area contributed by atoms with Crippen molar-refractivity contribution in [3.05, 3.63) is 101 Å². The number of benzene rings is 2. The monoisotopic (exact) mass is 786 g/mol. The van der Waals surface area contributed by atoms with Crippen LogP contribution < -0.4 is 20.4 Å². The van der Waals surface area contributed by atoms with Crippen molar-refractivity contribution in [1.29, 1.82) is 0 Å². The molecule has 2 aromatic carbocycles. The average molecular weight is 787 g/mol. The fourth-order valence-electron chi connectivity index (χ4n) is 7.79. The number of dihydropyridines is 1. The van der Waals surface area contributed by atoms with Crippen molar-refractivity contribution in [1.82, 2.24) is 0 Å². The first kappa shape index (κ1) is 36.6. The highest BCUT2D eigenvalue weighted by Gasteiger charge is 2.37. The smallest absolute Gasteiger partial charge is 0.419 e. The Labute approximate surface area is 323 Å². The zero-order valence-electron chi connectivity index (χ0n) is 30.4. The van der Waals surface area contributed by atoms with Crippen LogP contribution in [0.25, 0.3) is 5.70 Å². The number of halogens is 6. The third-order valence-corrected chi connectivity index (χ3v) is 10.7. The number of hydrogen-bond donors (Lipinski definition) is 2. The van der Waals surface area contributed by atoms with Gasteiger partial charge in [0.1, 0.15) is 36.5 Å². The predicted molar refractivity (Wildman–Crippen MR) is 208 cm³/mol. The van der Waals surface area contributed by atoms with Gasteiger partial charge in [-0.05, 0) is 92.6 Å². The van der Waals surface area contributed by atoms with E-state index in [0.29, 0.717) is 58.1 Å². The van der Waals surface area contributed by atoms with E-state index in [1.807, 2.05) is 48.6 Å². The van der Waals surface area contributed by atoms with E-state index in [-0.39, 0.29) is 11.8 Å². The highest BCUT2D eigenvalue weighted by Crippen LogP contribution is 2.41. The summed E-state index contributed by atoms with van der Waals surface area (Å²) < 4.78 is 91.8. The second kappa shape index (κ2) is 14.5. The Hall–Kier alpha value is -6.06. The molecule has 5 aliphatic heterocycles. The van der Waals surface area contributed by atoms with E-state index in [4.69, 9.17) is 18.8 Å². The van der Waals surface area contributed by atoms with Crippen LogP contribution in [0.4, 0.5) is 60.9 Å². The van der Waals surface area contributed by atoms with Crippen LogP contribution in [-0.2, 0) is 12.4 Å². The van der Waals surface area contributed by atoms with Gasteiger partial charge in [0, 0.05) is 60.8 Å². The van der Waals surface area contributed by atoms with Gasteiger partial charge in [0.15, 0.2) is 11.8 Å². The fourth-order valence-corrected chi connectivity index (χ4v) is 7.79. The minimum atomic E-state index is -4.58. The lowest BCUT2D eigenvalue weighted by Crippen LogP contribution is -2.32. The van der Waals surface area contributed by atoms with Gasteiger partial charge in [0.05, 0.1) is 33.9 Å². The molecule has 0 saturated carbocycles. The maximum atomic E-state index is 13.5. The first-order chi connectivity index (χ1) is 27.5. The third-order valence-electron chi connectivity index (χ3n) is 10.7. The molecule has 0 bridgehead atoms. The third kappa shape index (κ3) is 7.47. The maximum absolute atomic E-state index is 13.5. The summed E-state index contributed by atoms with van der Waals surface area (Å²) in [5.74, 6) is 0.219. The highest BCUT2D eigenvalue weighted by molar-refractivity contribution is 6.27. The summed E-state index contributed by atoms with van der Waals surface area (Å²) in [5.41, 5.74) is 3.93. The Kier molecular flexibility index (Phi) is 9.28. The van der Waals surface area contributed by atoms with Gasteiger partial charge in [-0.15, -0.1) is 0 Å². The molecule has 1 unspecified atom stereocenters. The number of hydrogen-bond acceptors (Lipinski definition) is 10. The minimum Gasteiger partial charge on any atom is -0.448 e. The van der Waals surface area contributed by atoms with Gasteiger partial charge in [-0.2, -0.15) is 26.3 Å². The molecule has 16 heteroatoms. The van der Waals surface area contributed by atoms with Crippen molar-refractivity contribution < 1.29 is 35.2 Å². The molecule has 0 radical (unpaired) electrons. The number of amidine groups is 2. The van der Waals surface area contributed by atoms with Gasteiger partial charge < -0.3 is 29.3 Å². The topological polar surface area (TPSA) is 106 Å². The molecule has 2 aromatic heterocycles. The summed E-state index contributed by atoms with van der Waals surface area (Å²) in [6.45, 7) is 3.43. The molecule has 9 rings (SSSR count). The number of allylic oxidation sites excluding steroid dienone is 2. The van der Waals surface area contributed by atoms with Gasteiger partial charge in [0.2, 0.25) is 0 Å². The predicted octanol–water partition coefficient (Wildman–Crippen LogP) is 10.6. The van der Waals surface area contributed by atoms with Crippen molar-refractivity contribution in [2.75, 3.05) is 46.6 Å². The Morgan fingerprint density at radius 2 is 1.16 bits per heavy atom. The second-order valence-corrected chi connectivity index (χ2v) is 14.5. The molecule has 2 N–H and O–H groups in total.